The zero-order valence-corrected chi connectivity index (χ0v) is 15.7. The Kier molecular flexibility index (Phi) is 5.40. The Morgan fingerprint density at radius 3 is 2.96 bits per heavy atom. The number of ether oxygens (including phenoxy) is 1. The first-order valence-electron chi connectivity index (χ1n) is 8.86. The van der Waals surface area contributed by atoms with Gasteiger partial charge in [-0.05, 0) is 56.9 Å². The summed E-state index contributed by atoms with van der Waals surface area (Å²) >= 11 is 2.03. The minimum absolute atomic E-state index is 0.234. The number of thioether (sulfide) groups is 1. The Hall–Kier alpha value is -1.20. The normalized spacial score (nSPS) is 20.8. The number of para-hydroxylation sites is 1. The Balaban J connectivity index is 1.73. The highest BCUT2D eigenvalue weighted by Crippen LogP contribution is 2.33. The van der Waals surface area contributed by atoms with E-state index in [2.05, 4.69) is 23.5 Å². The maximum atomic E-state index is 12.6. The summed E-state index contributed by atoms with van der Waals surface area (Å²) in [6.07, 6.45) is 3.21. The van der Waals surface area contributed by atoms with Crippen LogP contribution in [0.2, 0.25) is 0 Å². The van der Waals surface area contributed by atoms with Crippen LogP contribution < -0.4 is 10.2 Å². The third-order valence-electron chi connectivity index (χ3n) is 4.43. The van der Waals surface area contributed by atoms with Gasteiger partial charge in [-0.3, -0.25) is 4.90 Å². The van der Waals surface area contributed by atoms with Crippen LogP contribution in [0.25, 0.3) is 0 Å². The van der Waals surface area contributed by atoms with Gasteiger partial charge in [0.15, 0.2) is 0 Å². The predicted octanol–water partition coefficient (Wildman–Crippen LogP) is 3.97. The average Bonchev–Trinajstić information content (AvgIpc) is 2.97. The third kappa shape index (κ3) is 4.25. The second-order valence-electron chi connectivity index (χ2n) is 7.60. The Bertz CT molecular complexity index is 592. The van der Waals surface area contributed by atoms with Crippen LogP contribution in [0.4, 0.5) is 10.5 Å². The molecule has 1 aromatic rings. The number of hydrogen-bond acceptors (Lipinski definition) is 4. The van der Waals surface area contributed by atoms with E-state index in [1.165, 1.54) is 35.5 Å². The molecule has 1 aromatic carbocycles. The number of amides is 1. The number of carbonyl (C=O) groups is 1. The molecule has 1 saturated heterocycles. The number of fused-ring (bicyclic) bond motifs is 1. The molecule has 1 fully saturated rings. The van der Waals surface area contributed by atoms with Crippen LogP contribution in [-0.2, 0) is 17.7 Å². The lowest BCUT2D eigenvalue weighted by Crippen LogP contribution is -2.37. The quantitative estimate of drug-likeness (QED) is 0.897. The standard InChI is InChI=1S/C19H28N2O2S/c1-19(2,3)23-18(22)21-10-9-14-6-4-7-15(17(14)21)12-20-16-8-5-11-24-13-16/h4,6-7,16,20H,5,8-13H2,1-3H3. The number of rotatable bonds is 3. The summed E-state index contributed by atoms with van der Waals surface area (Å²) in [5, 5.41) is 3.68. The molecule has 2 aliphatic rings. The zero-order valence-electron chi connectivity index (χ0n) is 14.9. The molecule has 132 valence electrons. The molecule has 0 bridgehead atoms. The highest BCUT2D eigenvalue weighted by atomic mass is 32.2. The van der Waals surface area contributed by atoms with Crippen LogP contribution in [0.5, 0.6) is 0 Å². The number of benzene rings is 1. The summed E-state index contributed by atoms with van der Waals surface area (Å²) in [7, 11) is 0. The zero-order chi connectivity index (χ0) is 17.2. The summed E-state index contributed by atoms with van der Waals surface area (Å²) in [5.41, 5.74) is 3.04. The molecular formula is C19H28N2O2S. The molecule has 1 atom stereocenters. The minimum atomic E-state index is -0.466. The van der Waals surface area contributed by atoms with Crippen LogP contribution in [0.15, 0.2) is 18.2 Å². The lowest BCUT2D eigenvalue weighted by Gasteiger charge is -2.27. The van der Waals surface area contributed by atoms with Crippen molar-refractivity contribution in [3.63, 3.8) is 0 Å². The van der Waals surface area contributed by atoms with E-state index in [9.17, 15) is 4.79 Å². The van der Waals surface area contributed by atoms with Gasteiger partial charge in [-0.1, -0.05) is 18.2 Å². The molecule has 2 heterocycles. The lowest BCUT2D eigenvalue weighted by atomic mass is 10.1. The largest absolute Gasteiger partial charge is 0.443 e. The number of nitrogens with zero attached hydrogens (tertiary/aromatic N) is 1. The fourth-order valence-corrected chi connectivity index (χ4v) is 4.44. The molecule has 24 heavy (non-hydrogen) atoms. The highest BCUT2D eigenvalue weighted by Gasteiger charge is 2.30. The molecule has 1 N–H and O–H groups in total. The molecular weight excluding hydrogens is 320 g/mol. The van der Waals surface area contributed by atoms with E-state index < -0.39 is 5.60 Å². The summed E-state index contributed by atoms with van der Waals surface area (Å²) in [6.45, 7) is 7.26. The van der Waals surface area contributed by atoms with E-state index >= 15 is 0 Å². The summed E-state index contributed by atoms with van der Waals surface area (Å²) < 4.78 is 5.59. The van der Waals surface area contributed by atoms with E-state index in [1.54, 1.807) is 0 Å². The van der Waals surface area contributed by atoms with Crippen molar-refractivity contribution in [1.29, 1.82) is 0 Å². The molecule has 3 rings (SSSR count). The number of carbonyl (C=O) groups excluding carboxylic acids is 1. The van der Waals surface area contributed by atoms with Crippen molar-refractivity contribution in [2.24, 2.45) is 0 Å². The third-order valence-corrected chi connectivity index (χ3v) is 5.65. The molecule has 0 saturated carbocycles. The molecule has 4 nitrogen and oxygen atoms in total. The fraction of sp³-hybridized carbons (Fsp3) is 0.632. The van der Waals surface area contributed by atoms with Crippen molar-refractivity contribution in [1.82, 2.24) is 5.32 Å². The Morgan fingerprint density at radius 2 is 2.25 bits per heavy atom. The Labute approximate surface area is 149 Å². The molecule has 1 unspecified atom stereocenters. The first-order valence-corrected chi connectivity index (χ1v) is 10.0. The van der Waals surface area contributed by atoms with Gasteiger partial charge >= 0.3 is 6.09 Å². The topological polar surface area (TPSA) is 41.6 Å². The van der Waals surface area contributed by atoms with Gasteiger partial charge in [-0.15, -0.1) is 0 Å². The van der Waals surface area contributed by atoms with Gasteiger partial charge in [0.1, 0.15) is 5.60 Å². The number of anilines is 1. The number of hydrogen-bond donors (Lipinski definition) is 1. The maximum Gasteiger partial charge on any atom is 0.414 e. The first kappa shape index (κ1) is 17.6. The van der Waals surface area contributed by atoms with Crippen LogP contribution in [0.3, 0.4) is 0 Å². The molecule has 1 amide bonds. The smallest absolute Gasteiger partial charge is 0.414 e. The van der Waals surface area contributed by atoms with E-state index in [0.717, 1.165) is 18.7 Å². The van der Waals surface area contributed by atoms with Gasteiger partial charge in [-0.2, -0.15) is 11.8 Å². The van der Waals surface area contributed by atoms with Crippen LogP contribution in [-0.4, -0.2) is 35.8 Å². The van der Waals surface area contributed by atoms with Gasteiger partial charge < -0.3 is 10.1 Å². The minimum Gasteiger partial charge on any atom is -0.443 e. The average molecular weight is 349 g/mol. The molecule has 0 spiro atoms. The van der Waals surface area contributed by atoms with E-state index in [1.807, 2.05) is 37.4 Å². The van der Waals surface area contributed by atoms with Gasteiger partial charge in [0.05, 0.1) is 5.69 Å². The molecule has 0 radical (unpaired) electrons. The van der Waals surface area contributed by atoms with Crippen molar-refractivity contribution < 1.29 is 9.53 Å². The van der Waals surface area contributed by atoms with Crippen LogP contribution in [0.1, 0.15) is 44.7 Å². The maximum absolute atomic E-state index is 12.6. The van der Waals surface area contributed by atoms with Crippen LogP contribution >= 0.6 is 11.8 Å². The number of nitrogens with one attached hydrogen (secondary N) is 1. The highest BCUT2D eigenvalue weighted by molar-refractivity contribution is 7.99. The van der Waals surface area contributed by atoms with E-state index in [-0.39, 0.29) is 6.09 Å². The van der Waals surface area contributed by atoms with Crippen LogP contribution in [0, 0.1) is 0 Å². The fourth-order valence-electron chi connectivity index (χ4n) is 3.34. The summed E-state index contributed by atoms with van der Waals surface area (Å²) in [5.74, 6) is 2.47. The van der Waals surface area contributed by atoms with Crippen molar-refractivity contribution in [3.05, 3.63) is 29.3 Å². The predicted molar refractivity (Wildman–Crippen MR) is 101 cm³/mol. The van der Waals surface area contributed by atoms with Gasteiger partial charge in [0, 0.05) is 24.9 Å². The van der Waals surface area contributed by atoms with Crippen molar-refractivity contribution in [2.45, 2.75) is 58.2 Å². The molecule has 2 aliphatic heterocycles. The first-order chi connectivity index (χ1) is 11.4. The van der Waals surface area contributed by atoms with Crippen molar-refractivity contribution in [3.8, 4) is 0 Å². The monoisotopic (exact) mass is 348 g/mol. The van der Waals surface area contributed by atoms with E-state index in [0.29, 0.717) is 12.6 Å². The van der Waals surface area contributed by atoms with Crippen molar-refractivity contribution in [2.75, 3.05) is 23.0 Å². The summed E-state index contributed by atoms with van der Waals surface area (Å²) in [4.78, 5) is 14.4. The second-order valence-corrected chi connectivity index (χ2v) is 8.75. The summed E-state index contributed by atoms with van der Waals surface area (Å²) in [6, 6.07) is 6.93. The van der Waals surface area contributed by atoms with Gasteiger partial charge in [0.2, 0.25) is 0 Å². The van der Waals surface area contributed by atoms with E-state index in [4.69, 9.17) is 4.74 Å². The van der Waals surface area contributed by atoms with Gasteiger partial charge in [0.25, 0.3) is 0 Å². The molecule has 0 aromatic heterocycles. The SMILES string of the molecule is CC(C)(C)OC(=O)N1CCc2cccc(CNC3CCCSC3)c21. The Morgan fingerprint density at radius 1 is 1.42 bits per heavy atom. The molecule has 0 aliphatic carbocycles. The van der Waals surface area contributed by atoms with Crippen molar-refractivity contribution >= 4 is 23.5 Å². The van der Waals surface area contributed by atoms with Gasteiger partial charge in [-0.25, -0.2) is 4.79 Å². The lowest BCUT2D eigenvalue weighted by molar-refractivity contribution is 0.0583. The molecule has 5 heteroatoms. The second kappa shape index (κ2) is 7.36.